The topological polar surface area (TPSA) is 77.1 Å². The zero-order valence-electron chi connectivity index (χ0n) is 16.1. The van der Waals surface area contributed by atoms with Gasteiger partial charge in [-0.1, -0.05) is 30.3 Å². The van der Waals surface area contributed by atoms with Crippen LogP contribution in [-0.4, -0.2) is 22.0 Å². The van der Waals surface area contributed by atoms with Gasteiger partial charge in [0.05, 0.1) is 23.8 Å². The first-order chi connectivity index (χ1) is 14.1. The van der Waals surface area contributed by atoms with Gasteiger partial charge >= 0.3 is 0 Å². The van der Waals surface area contributed by atoms with Gasteiger partial charge in [-0.05, 0) is 42.8 Å². The molecule has 0 radical (unpaired) electrons. The van der Waals surface area contributed by atoms with E-state index in [1.807, 2.05) is 42.5 Å². The Hall–Kier alpha value is -3.67. The fourth-order valence-electron chi connectivity index (χ4n) is 3.29. The number of aryl methyl sites for hydroxylation is 1. The van der Waals surface area contributed by atoms with E-state index >= 15 is 0 Å². The lowest BCUT2D eigenvalue weighted by atomic mass is 10.1. The monoisotopic (exact) mass is 387 g/mol. The van der Waals surface area contributed by atoms with Gasteiger partial charge in [-0.15, -0.1) is 0 Å². The zero-order chi connectivity index (χ0) is 20.2. The molecule has 0 fully saturated rings. The minimum absolute atomic E-state index is 0.128. The number of carbonyl (C=O) groups is 1. The van der Waals surface area contributed by atoms with Crippen LogP contribution in [0, 0.1) is 6.92 Å². The van der Waals surface area contributed by atoms with E-state index in [4.69, 9.17) is 4.42 Å². The molecule has 1 N–H and O–H groups in total. The molecule has 0 atom stereocenters. The minimum atomic E-state index is -0.182. The second-order valence-corrected chi connectivity index (χ2v) is 6.86. The Kier molecular flexibility index (Phi) is 5.24. The smallest absolute Gasteiger partial charge is 0.272 e. The highest BCUT2D eigenvalue weighted by Crippen LogP contribution is 2.15. The summed E-state index contributed by atoms with van der Waals surface area (Å²) in [5, 5.41) is 2.89. The minimum Gasteiger partial charge on any atom is -0.469 e. The molecule has 4 aromatic rings. The van der Waals surface area contributed by atoms with Crippen molar-refractivity contribution in [1.82, 2.24) is 14.9 Å². The average Bonchev–Trinajstić information content (AvgIpc) is 3.25. The van der Waals surface area contributed by atoms with Gasteiger partial charge < -0.3 is 14.3 Å². The van der Waals surface area contributed by atoms with Crippen LogP contribution < -0.4 is 10.9 Å². The first-order valence-electron chi connectivity index (χ1n) is 9.47. The molecule has 2 aromatic carbocycles. The number of benzene rings is 2. The number of carbonyl (C=O) groups excluding carboxylic acids is 1. The summed E-state index contributed by atoms with van der Waals surface area (Å²) >= 11 is 0. The third-order valence-corrected chi connectivity index (χ3v) is 4.79. The maximum atomic E-state index is 12.7. The number of amides is 1. The summed E-state index contributed by atoms with van der Waals surface area (Å²) < 4.78 is 6.97. The van der Waals surface area contributed by atoms with Crippen LogP contribution in [0.25, 0.3) is 11.0 Å². The molecule has 0 aliphatic carbocycles. The van der Waals surface area contributed by atoms with Crippen LogP contribution in [0.5, 0.6) is 0 Å². The van der Waals surface area contributed by atoms with Gasteiger partial charge in [0.1, 0.15) is 11.5 Å². The van der Waals surface area contributed by atoms with Crippen molar-refractivity contribution in [2.75, 3.05) is 6.54 Å². The summed E-state index contributed by atoms with van der Waals surface area (Å²) in [6.07, 6.45) is 2.24. The third kappa shape index (κ3) is 4.11. The first kappa shape index (κ1) is 18.7. The second-order valence-electron chi connectivity index (χ2n) is 6.86. The molecule has 1 amide bonds. The van der Waals surface area contributed by atoms with E-state index in [9.17, 15) is 9.59 Å². The predicted octanol–water partition coefficient (Wildman–Crippen LogP) is 3.32. The fraction of sp³-hybridized carbons (Fsp3) is 0.174. The largest absolute Gasteiger partial charge is 0.469 e. The van der Waals surface area contributed by atoms with E-state index in [0.29, 0.717) is 41.8 Å². The fourth-order valence-corrected chi connectivity index (χ4v) is 3.29. The van der Waals surface area contributed by atoms with Crippen molar-refractivity contribution in [2.45, 2.75) is 19.9 Å². The van der Waals surface area contributed by atoms with Gasteiger partial charge in [-0.25, -0.2) is 4.98 Å². The highest BCUT2D eigenvalue weighted by Gasteiger charge is 2.12. The quantitative estimate of drug-likeness (QED) is 0.551. The van der Waals surface area contributed by atoms with Crippen molar-refractivity contribution in [1.29, 1.82) is 0 Å². The molecule has 2 aromatic heterocycles. The molecule has 2 heterocycles. The molecule has 6 heteroatoms. The number of fused-ring (bicyclic) bond motifs is 1. The molecule has 0 bridgehead atoms. The van der Waals surface area contributed by atoms with E-state index in [1.165, 1.54) is 0 Å². The van der Waals surface area contributed by atoms with Gasteiger partial charge in [-0.3, -0.25) is 9.59 Å². The number of aromatic nitrogens is 2. The van der Waals surface area contributed by atoms with Crippen molar-refractivity contribution in [3.05, 3.63) is 99.9 Å². The molecule has 29 heavy (non-hydrogen) atoms. The number of nitrogens with zero attached hydrogens (tertiary/aromatic N) is 2. The summed E-state index contributed by atoms with van der Waals surface area (Å²) in [7, 11) is 0. The molecule has 4 rings (SSSR count). The summed E-state index contributed by atoms with van der Waals surface area (Å²) in [5.41, 5.74) is 3.14. The maximum absolute atomic E-state index is 12.7. The standard InChI is InChI=1S/C23H21N3O3/c1-16-23(28)26(15-17-6-3-2-4-7-17)21-10-9-18(14-20(21)25-16)22(27)24-12-11-19-8-5-13-29-19/h2-10,13-14H,11-12,15H2,1H3,(H,24,27). The van der Waals surface area contributed by atoms with Crippen LogP contribution in [0.4, 0.5) is 0 Å². The predicted molar refractivity (Wildman–Crippen MR) is 111 cm³/mol. The number of rotatable bonds is 6. The molecule has 0 unspecified atom stereocenters. The lowest BCUT2D eigenvalue weighted by Crippen LogP contribution is -2.27. The third-order valence-electron chi connectivity index (χ3n) is 4.79. The Bertz CT molecular complexity index is 1200. The van der Waals surface area contributed by atoms with Gasteiger partial charge in [0.25, 0.3) is 11.5 Å². The summed E-state index contributed by atoms with van der Waals surface area (Å²) in [6, 6.07) is 18.7. The van der Waals surface area contributed by atoms with Crippen LogP contribution in [0.2, 0.25) is 0 Å². The molecule has 146 valence electrons. The molecule has 6 nitrogen and oxygen atoms in total. The van der Waals surface area contributed by atoms with E-state index in [-0.39, 0.29) is 11.5 Å². The van der Waals surface area contributed by atoms with Crippen LogP contribution in [0.1, 0.15) is 27.4 Å². The van der Waals surface area contributed by atoms with Crippen molar-refractivity contribution in [3.8, 4) is 0 Å². The Morgan fingerprint density at radius 3 is 2.69 bits per heavy atom. The van der Waals surface area contributed by atoms with E-state index in [1.54, 1.807) is 36.0 Å². The van der Waals surface area contributed by atoms with Crippen LogP contribution in [0.3, 0.4) is 0 Å². The van der Waals surface area contributed by atoms with Crippen molar-refractivity contribution < 1.29 is 9.21 Å². The Morgan fingerprint density at radius 2 is 1.93 bits per heavy atom. The summed E-state index contributed by atoms with van der Waals surface area (Å²) in [4.78, 5) is 29.6. The van der Waals surface area contributed by atoms with Gasteiger partial charge in [0.15, 0.2) is 0 Å². The number of furan rings is 1. The van der Waals surface area contributed by atoms with Gasteiger partial charge in [-0.2, -0.15) is 0 Å². The average molecular weight is 387 g/mol. The summed E-state index contributed by atoms with van der Waals surface area (Å²) in [5.74, 6) is 0.643. The molecular weight excluding hydrogens is 366 g/mol. The normalized spacial score (nSPS) is 10.9. The van der Waals surface area contributed by atoms with Crippen molar-refractivity contribution in [2.24, 2.45) is 0 Å². The Labute approximate surface area is 167 Å². The van der Waals surface area contributed by atoms with Crippen LogP contribution >= 0.6 is 0 Å². The van der Waals surface area contributed by atoms with Crippen LogP contribution in [0.15, 0.2) is 76.1 Å². The van der Waals surface area contributed by atoms with Gasteiger partial charge in [0.2, 0.25) is 0 Å². The van der Waals surface area contributed by atoms with Crippen molar-refractivity contribution in [3.63, 3.8) is 0 Å². The molecule has 0 saturated heterocycles. The maximum Gasteiger partial charge on any atom is 0.272 e. The lowest BCUT2D eigenvalue weighted by molar-refractivity contribution is 0.0954. The zero-order valence-corrected chi connectivity index (χ0v) is 16.1. The highest BCUT2D eigenvalue weighted by molar-refractivity contribution is 5.97. The Morgan fingerprint density at radius 1 is 1.10 bits per heavy atom. The first-order valence-corrected chi connectivity index (χ1v) is 9.47. The number of hydrogen-bond acceptors (Lipinski definition) is 4. The summed E-state index contributed by atoms with van der Waals surface area (Å²) in [6.45, 7) is 2.62. The lowest BCUT2D eigenvalue weighted by Gasteiger charge is -2.12. The number of nitrogens with one attached hydrogen (secondary N) is 1. The number of hydrogen-bond donors (Lipinski definition) is 1. The van der Waals surface area contributed by atoms with Crippen LogP contribution in [-0.2, 0) is 13.0 Å². The van der Waals surface area contributed by atoms with Crippen molar-refractivity contribution >= 4 is 16.9 Å². The highest BCUT2D eigenvalue weighted by atomic mass is 16.3. The van der Waals surface area contributed by atoms with E-state index in [2.05, 4.69) is 10.3 Å². The molecule has 0 saturated carbocycles. The van der Waals surface area contributed by atoms with E-state index in [0.717, 1.165) is 11.3 Å². The van der Waals surface area contributed by atoms with E-state index < -0.39 is 0 Å². The molecular formula is C23H21N3O3. The molecule has 0 aliphatic heterocycles. The van der Waals surface area contributed by atoms with Gasteiger partial charge in [0, 0.05) is 18.5 Å². The SMILES string of the molecule is Cc1nc2cc(C(=O)NCCc3ccco3)ccc2n(Cc2ccccc2)c1=O. The Balaban J connectivity index is 1.59. The second kappa shape index (κ2) is 8.14. The molecule has 0 aliphatic rings. The molecule has 0 spiro atoms.